The first-order chi connectivity index (χ1) is 8.93. The summed E-state index contributed by atoms with van der Waals surface area (Å²) >= 11 is 0. The van der Waals surface area contributed by atoms with Crippen molar-refractivity contribution >= 4 is 0 Å². The van der Waals surface area contributed by atoms with Crippen LogP contribution in [0.1, 0.15) is 38.5 Å². The van der Waals surface area contributed by atoms with Crippen LogP contribution < -0.4 is 0 Å². The first kappa shape index (κ1) is 10.4. The quantitative estimate of drug-likeness (QED) is 0.564. The number of fused-ring (bicyclic) bond motifs is 2. The lowest BCUT2D eigenvalue weighted by Gasteiger charge is -2.17. The molecule has 0 saturated heterocycles. The summed E-state index contributed by atoms with van der Waals surface area (Å²) in [6, 6.07) is 0. The van der Waals surface area contributed by atoms with Crippen molar-refractivity contribution < 1.29 is 0 Å². The van der Waals surface area contributed by atoms with Gasteiger partial charge in [-0.15, -0.1) is 0 Å². The van der Waals surface area contributed by atoms with Crippen molar-refractivity contribution in [3.63, 3.8) is 0 Å². The van der Waals surface area contributed by atoms with Crippen LogP contribution in [0.4, 0.5) is 0 Å². The van der Waals surface area contributed by atoms with Crippen LogP contribution in [0.3, 0.4) is 0 Å². The number of hydrogen-bond donors (Lipinski definition) is 0. The van der Waals surface area contributed by atoms with Gasteiger partial charge < -0.3 is 0 Å². The van der Waals surface area contributed by atoms with E-state index in [1.54, 1.807) is 33.4 Å². The standard InChI is InChI=1S/C18H18/c1-3-7-15-13(5-1)9-11-17(15)18-12-10-14-6-2-4-8-16(14)18/h1-4,9-10H,5-8,11-12H2. The Kier molecular flexibility index (Phi) is 2.29. The lowest BCUT2D eigenvalue weighted by atomic mass is 9.88. The summed E-state index contributed by atoms with van der Waals surface area (Å²) in [5.41, 5.74) is 9.80. The van der Waals surface area contributed by atoms with Crippen molar-refractivity contribution in [3.8, 4) is 0 Å². The van der Waals surface area contributed by atoms with Gasteiger partial charge in [0.05, 0.1) is 0 Å². The van der Waals surface area contributed by atoms with E-state index in [1.165, 1.54) is 12.8 Å². The number of hydrogen-bond acceptors (Lipinski definition) is 0. The summed E-state index contributed by atoms with van der Waals surface area (Å²) in [4.78, 5) is 0. The summed E-state index contributed by atoms with van der Waals surface area (Å²) in [7, 11) is 0. The monoisotopic (exact) mass is 234 g/mol. The third kappa shape index (κ3) is 1.45. The molecule has 0 saturated carbocycles. The lowest BCUT2D eigenvalue weighted by molar-refractivity contribution is 1.04. The Bertz CT molecular complexity index is 532. The minimum Gasteiger partial charge on any atom is -0.0838 e. The molecule has 0 atom stereocenters. The largest absolute Gasteiger partial charge is 0.0838 e. The van der Waals surface area contributed by atoms with Crippen LogP contribution >= 0.6 is 0 Å². The predicted octanol–water partition coefficient (Wildman–Crippen LogP) is 4.94. The molecule has 0 radical (unpaired) electrons. The molecule has 0 aromatic rings. The molecule has 4 rings (SSSR count). The van der Waals surface area contributed by atoms with E-state index in [1.807, 2.05) is 0 Å². The van der Waals surface area contributed by atoms with E-state index in [4.69, 9.17) is 0 Å². The summed E-state index contributed by atoms with van der Waals surface area (Å²) in [6.45, 7) is 0. The average Bonchev–Trinajstić information content (AvgIpc) is 3.01. The average molecular weight is 234 g/mol. The van der Waals surface area contributed by atoms with Crippen molar-refractivity contribution in [2.75, 3.05) is 0 Å². The first-order valence-electron chi connectivity index (χ1n) is 7.06. The minimum atomic E-state index is 1.15. The van der Waals surface area contributed by atoms with Crippen molar-refractivity contribution in [1.82, 2.24) is 0 Å². The van der Waals surface area contributed by atoms with Gasteiger partial charge in [0.15, 0.2) is 0 Å². The van der Waals surface area contributed by atoms with Crippen LogP contribution in [-0.2, 0) is 0 Å². The molecule has 0 heteroatoms. The van der Waals surface area contributed by atoms with E-state index in [2.05, 4.69) is 36.5 Å². The molecule has 18 heavy (non-hydrogen) atoms. The SMILES string of the molecule is C1=CCC2=C(C3=C4CC=CCC4=CC3)CC=C2C1. The molecule has 0 heterocycles. The molecule has 4 aliphatic rings. The molecule has 0 bridgehead atoms. The highest BCUT2D eigenvalue weighted by Gasteiger charge is 2.26. The van der Waals surface area contributed by atoms with Gasteiger partial charge in [-0.25, -0.2) is 0 Å². The van der Waals surface area contributed by atoms with E-state index in [0.29, 0.717) is 0 Å². The fourth-order valence-electron chi connectivity index (χ4n) is 3.69. The highest BCUT2D eigenvalue weighted by atomic mass is 14.3. The van der Waals surface area contributed by atoms with Gasteiger partial charge in [0.1, 0.15) is 0 Å². The van der Waals surface area contributed by atoms with Crippen LogP contribution in [-0.4, -0.2) is 0 Å². The zero-order chi connectivity index (χ0) is 11.9. The van der Waals surface area contributed by atoms with Crippen LogP contribution in [0, 0.1) is 0 Å². The van der Waals surface area contributed by atoms with Crippen molar-refractivity contribution in [3.05, 3.63) is 69.9 Å². The van der Waals surface area contributed by atoms with Crippen LogP contribution in [0.2, 0.25) is 0 Å². The van der Waals surface area contributed by atoms with E-state index in [-0.39, 0.29) is 0 Å². The molecule has 0 unspecified atom stereocenters. The molecule has 90 valence electrons. The summed E-state index contributed by atoms with van der Waals surface area (Å²) in [6.07, 6.45) is 21.2. The maximum atomic E-state index is 2.46. The lowest BCUT2D eigenvalue weighted by Crippen LogP contribution is -1.98. The maximum absolute atomic E-state index is 2.46. The zero-order valence-corrected chi connectivity index (χ0v) is 10.7. The molecule has 0 N–H and O–H groups in total. The summed E-state index contributed by atoms with van der Waals surface area (Å²) in [5, 5.41) is 0. The van der Waals surface area contributed by atoms with E-state index in [0.717, 1.165) is 25.7 Å². The highest BCUT2D eigenvalue weighted by molar-refractivity contribution is 5.61. The topological polar surface area (TPSA) is 0 Å². The van der Waals surface area contributed by atoms with Gasteiger partial charge >= 0.3 is 0 Å². The third-order valence-electron chi connectivity index (χ3n) is 4.63. The van der Waals surface area contributed by atoms with Gasteiger partial charge in [-0.3, -0.25) is 0 Å². The van der Waals surface area contributed by atoms with Crippen LogP contribution in [0.15, 0.2) is 69.9 Å². The molecule has 0 fully saturated rings. The van der Waals surface area contributed by atoms with E-state index in [9.17, 15) is 0 Å². The van der Waals surface area contributed by atoms with Gasteiger partial charge in [0.25, 0.3) is 0 Å². The van der Waals surface area contributed by atoms with Gasteiger partial charge in [0.2, 0.25) is 0 Å². The zero-order valence-electron chi connectivity index (χ0n) is 10.7. The van der Waals surface area contributed by atoms with Gasteiger partial charge in [0, 0.05) is 0 Å². The summed E-state index contributed by atoms with van der Waals surface area (Å²) in [5.74, 6) is 0. The van der Waals surface area contributed by atoms with Crippen LogP contribution in [0.25, 0.3) is 0 Å². The second-order valence-electron chi connectivity index (χ2n) is 5.54. The second-order valence-corrected chi connectivity index (χ2v) is 5.54. The number of allylic oxidation sites excluding steroid dienone is 12. The van der Waals surface area contributed by atoms with Crippen molar-refractivity contribution in [1.29, 1.82) is 0 Å². The molecule has 0 amide bonds. The minimum absolute atomic E-state index is 1.15. The van der Waals surface area contributed by atoms with Crippen LogP contribution in [0.5, 0.6) is 0 Å². The Labute approximate surface area is 109 Å². The smallest absolute Gasteiger partial charge is 0.00855 e. The Balaban J connectivity index is 1.78. The second kappa shape index (κ2) is 3.98. The molecule has 0 aromatic heterocycles. The van der Waals surface area contributed by atoms with Crippen molar-refractivity contribution in [2.45, 2.75) is 38.5 Å². The molecule has 4 aliphatic carbocycles. The Morgan fingerprint density at radius 2 is 0.889 bits per heavy atom. The predicted molar refractivity (Wildman–Crippen MR) is 76.2 cm³/mol. The van der Waals surface area contributed by atoms with Gasteiger partial charge in [-0.1, -0.05) is 36.5 Å². The fourth-order valence-corrected chi connectivity index (χ4v) is 3.69. The molecule has 0 aromatic carbocycles. The molecule has 0 nitrogen and oxygen atoms in total. The van der Waals surface area contributed by atoms with Gasteiger partial charge in [-0.05, 0) is 72.0 Å². The molecular formula is C18H18. The Morgan fingerprint density at radius 1 is 0.444 bits per heavy atom. The Morgan fingerprint density at radius 3 is 1.39 bits per heavy atom. The highest BCUT2D eigenvalue weighted by Crippen LogP contribution is 2.44. The molecule has 0 spiro atoms. The van der Waals surface area contributed by atoms with E-state index >= 15 is 0 Å². The number of rotatable bonds is 1. The fraction of sp³-hybridized carbons (Fsp3) is 0.333. The van der Waals surface area contributed by atoms with Crippen molar-refractivity contribution in [2.24, 2.45) is 0 Å². The maximum Gasteiger partial charge on any atom is -0.00855 e. The van der Waals surface area contributed by atoms with Gasteiger partial charge in [-0.2, -0.15) is 0 Å². The Hall–Kier alpha value is -1.56. The normalized spacial score (nSPS) is 25.3. The first-order valence-corrected chi connectivity index (χ1v) is 7.06. The third-order valence-corrected chi connectivity index (χ3v) is 4.63. The molecule has 0 aliphatic heterocycles. The van der Waals surface area contributed by atoms with E-state index < -0.39 is 0 Å². The summed E-state index contributed by atoms with van der Waals surface area (Å²) < 4.78 is 0. The molecular weight excluding hydrogens is 216 g/mol.